The van der Waals surface area contributed by atoms with Crippen molar-refractivity contribution in [3.8, 4) is 0 Å². The maximum Gasteiger partial charge on any atom is 0.472 e. The number of esters is 1. The van der Waals surface area contributed by atoms with Gasteiger partial charge in [-0.3, -0.25) is 13.8 Å². The van der Waals surface area contributed by atoms with Crippen molar-refractivity contribution < 1.29 is 58.3 Å². The molecule has 53 heavy (non-hydrogen) atoms. The summed E-state index contributed by atoms with van der Waals surface area (Å²) < 4.78 is 34.1. The Morgan fingerprint density at radius 1 is 0.528 bits per heavy atom. The van der Waals surface area contributed by atoms with E-state index in [1.807, 2.05) is 0 Å². The number of aliphatic hydroxyl groups is 5. The second-order valence-corrected chi connectivity index (χ2v) is 16.6. The Bertz CT molecular complexity index is 895. The van der Waals surface area contributed by atoms with Gasteiger partial charge in [0.1, 0.15) is 42.7 Å². The van der Waals surface area contributed by atoms with Gasteiger partial charge in [-0.05, 0) is 12.8 Å². The molecule has 0 heterocycles. The van der Waals surface area contributed by atoms with E-state index in [9.17, 15) is 39.8 Å². The van der Waals surface area contributed by atoms with Crippen molar-refractivity contribution in [2.24, 2.45) is 0 Å². The number of carbonyl (C=O) groups is 1. The summed E-state index contributed by atoms with van der Waals surface area (Å²) in [5, 5.41) is 50.0. The molecule has 6 unspecified atom stereocenters. The minimum atomic E-state index is -5.00. The summed E-state index contributed by atoms with van der Waals surface area (Å²) >= 11 is 0. The number of rotatable bonds is 36. The van der Waals surface area contributed by atoms with Gasteiger partial charge in [-0.2, -0.15) is 0 Å². The Hall–Kier alpha value is -0.660. The molecule has 1 rings (SSSR count). The second kappa shape index (κ2) is 32.4. The van der Waals surface area contributed by atoms with Gasteiger partial charge in [0.15, 0.2) is 0 Å². The molecule has 0 radical (unpaired) electrons. The summed E-state index contributed by atoms with van der Waals surface area (Å²) in [5.74, 6) is -0.473. The molecule has 6 atom stereocenters. The number of carbonyl (C=O) groups excluding carboxylic acids is 1. The first-order chi connectivity index (χ1) is 25.5. The van der Waals surface area contributed by atoms with Crippen LogP contribution in [0, 0.1) is 0 Å². The fraction of sp³-hybridized carbons (Fsp3) is 0.975. The molecular formula is C40H79O12P. The highest BCUT2D eigenvalue weighted by Gasteiger charge is 2.51. The van der Waals surface area contributed by atoms with Crippen LogP contribution in [0.1, 0.15) is 187 Å². The summed E-state index contributed by atoms with van der Waals surface area (Å²) in [4.78, 5) is 23.1. The minimum absolute atomic E-state index is 0.0688. The molecule has 0 spiro atoms. The lowest BCUT2D eigenvalue weighted by Gasteiger charge is -2.41. The zero-order valence-electron chi connectivity index (χ0n) is 33.3. The number of unbranched alkanes of at least 4 members (excludes halogenated alkanes) is 24. The summed E-state index contributed by atoms with van der Waals surface area (Å²) in [6, 6.07) is 0. The normalized spacial score (nSPS) is 23.5. The van der Waals surface area contributed by atoms with Gasteiger partial charge in [0.25, 0.3) is 0 Å². The first kappa shape index (κ1) is 50.4. The fourth-order valence-electron chi connectivity index (χ4n) is 6.77. The Balaban J connectivity index is 2.41. The number of aliphatic hydroxyl groups excluding tert-OH is 5. The van der Waals surface area contributed by atoms with Crippen LogP contribution in [0.3, 0.4) is 0 Å². The Labute approximate surface area is 321 Å². The van der Waals surface area contributed by atoms with Crippen molar-refractivity contribution in [2.45, 2.75) is 230 Å². The summed E-state index contributed by atoms with van der Waals surface area (Å²) in [6.45, 7) is 4.26. The van der Waals surface area contributed by atoms with Gasteiger partial charge in [0.2, 0.25) is 0 Å². The standard InChI is InChI=1S/C40H79O12P/c1-3-5-7-9-11-13-15-16-17-18-19-21-23-25-27-29-34(41)51-33(31-49-30-28-26-24-22-20-14-12-10-8-6-4-2)32-50-53(47,48)52-40-38(45)36(43)35(42)37(44)39(40)46/h33,35-40,42-46H,3-32H2,1-2H3,(H,47,48). The molecule has 1 saturated carbocycles. The number of phosphoric ester groups is 1. The molecule has 0 amide bonds. The largest absolute Gasteiger partial charge is 0.472 e. The molecule has 316 valence electrons. The van der Waals surface area contributed by atoms with Gasteiger partial charge in [0.05, 0.1) is 13.2 Å². The zero-order chi connectivity index (χ0) is 39.2. The van der Waals surface area contributed by atoms with Gasteiger partial charge in [-0.25, -0.2) is 4.57 Å². The first-order valence-electron chi connectivity index (χ1n) is 21.4. The van der Waals surface area contributed by atoms with Gasteiger partial charge in [-0.15, -0.1) is 0 Å². The van der Waals surface area contributed by atoms with Gasteiger partial charge in [0, 0.05) is 13.0 Å². The summed E-state index contributed by atoms with van der Waals surface area (Å²) in [7, 11) is -5.00. The van der Waals surface area contributed by atoms with Crippen LogP contribution in [-0.4, -0.2) is 98.9 Å². The molecule has 0 aromatic rings. The van der Waals surface area contributed by atoms with E-state index in [2.05, 4.69) is 13.8 Å². The first-order valence-corrected chi connectivity index (χ1v) is 22.9. The van der Waals surface area contributed by atoms with Crippen LogP contribution in [0.2, 0.25) is 0 Å². The third-order valence-corrected chi connectivity index (χ3v) is 11.2. The van der Waals surface area contributed by atoms with Crippen LogP contribution in [-0.2, 0) is 27.9 Å². The zero-order valence-corrected chi connectivity index (χ0v) is 34.2. The number of hydrogen-bond donors (Lipinski definition) is 6. The average molecular weight is 783 g/mol. The van der Waals surface area contributed by atoms with E-state index in [1.54, 1.807) is 0 Å². The van der Waals surface area contributed by atoms with Crippen LogP contribution in [0.4, 0.5) is 0 Å². The molecule has 0 aromatic carbocycles. The highest BCUT2D eigenvalue weighted by Crippen LogP contribution is 2.47. The minimum Gasteiger partial charge on any atom is -0.457 e. The van der Waals surface area contributed by atoms with Crippen molar-refractivity contribution in [1.29, 1.82) is 0 Å². The molecule has 1 aliphatic rings. The Kier molecular flexibility index (Phi) is 30.8. The van der Waals surface area contributed by atoms with Crippen molar-refractivity contribution in [3.63, 3.8) is 0 Å². The average Bonchev–Trinajstić information content (AvgIpc) is 3.14. The van der Waals surface area contributed by atoms with Crippen molar-refractivity contribution in [3.05, 3.63) is 0 Å². The van der Waals surface area contributed by atoms with E-state index in [0.717, 1.165) is 38.5 Å². The Morgan fingerprint density at radius 2 is 0.887 bits per heavy atom. The van der Waals surface area contributed by atoms with E-state index in [0.29, 0.717) is 13.0 Å². The lowest BCUT2D eigenvalue weighted by atomic mass is 9.85. The maximum absolute atomic E-state index is 12.8. The maximum atomic E-state index is 12.8. The van der Waals surface area contributed by atoms with Crippen LogP contribution in [0.25, 0.3) is 0 Å². The van der Waals surface area contributed by atoms with Gasteiger partial charge in [-0.1, -0.05) is 168 Å². The van der Waals surface area contributed by atoms with E-state index in [4.69, 9.17) is 18.5 Å². The van der Waals surface area contributed by atoms with E-state index < -0.39 is 63.1 Å². The highest BCUT2D eigenvalue weighted by atomic mass is 31.2. The SMILES string of the molecule is CCCCCCCCCCCCCCCCCC(=O)OC(COCCCCCCCCCCCCC)COP(=O)(O)OC1C(O)C(O)C(O)C(O)C1O. The van der Waals surface area contributed by atoms with E-state index in [1.165, 1.54) is 122 Å². The molecule has 0 aromatic heterocycles. The molecule has 1 aliphatic carbocycles. The predicted molar refractivity (Wildman–Crippen MR) is 207 cm³/mol. The molecule has 1 fully saturated rings. The van der Waals surface area contributed by atoms with Crippen molar-refractivity contribution in [2.75, 3.05) is 19.8 Å². The highest BCUT2D eigenvalue weighted by molar-refractivity contribution is 7.47. The smallest absolute Gasteiger partial charge is 0.457 e. The molecule has 12 nitrogen and oxygen atoms in total. The molecular weight excluding hydrogens is 703 g/mol. The molecule has 0 aliphatic heterocycles. The van der Waals surface area contributed by atoms with Crippen molar-refractivity contribution >= 4 is 13.8 Å². The molecule has 0 bridgehead atoms. The van der Waals surface area contributed by atoms with Crippen LogP contribution in [0.15, 0.2) is 0 Å². The second-order valence-electron chi connectivity index (χ2n) is 15.2. The summed E-state index contributed by atoms with van der Waals surface area (Å²) in [5.41, 5.74) is 0. The topological polar surface area (TPSA) is 192 Å². The van der Waals surface area contributed by atoms with Gasteiger partial charge < -0.3 is 39.9 Å². The monoisotopic (exact) mass is 783 g/mol. The lowest BCUT2D eigenvalue weighted by molar-refractivity contribution is -0.220. The Morgan fingerprint density at radius 3 is 1.30 bits per heavy atom. The fourth-order valence-corrected chi connectivity index (χ4v) is 7.74. The third-order valence-electron chi connectivity index (χ3n) is 10.2. The third kappa shape index (κ3) is 25.3. The number of phosphoric acid groups is 1. The summed E-state index contributed by atoms with van der Waals surface area (Å²) in [6.07, 6.45) is 18.9. The number of hydrogen-bond acceptors (Lipinski definition) is 11. The molecule has 13 heteroatoms. The quantitative estimate of drug-likeness (QED) is 0.0206. The van der Waals surface area contributed by atoms with Crippen LogP contribution in [0.5, 0.6) is 0 Å². The van der Waals surface area contributed by atoms with Crippen molar-refractivity contribution in [1.82, 2.24) is 0 Å². The number of ether oxygens (including phenoxy) is 2. The van der Waals surface area contributed by atoms with E-state index in [-0.39, 0.29) is 13.0 Å². The molecule has 0 saturated heterocycles. The van der Waals surface area contributed by atoms with Gasteiger partial charge >= 0.3 is 13.8 Å². The predicted octanol–water partition coefficient (Wildman–Crippen LogP) is 7.81. The molecule has 6 N–H and O–H groups in total. The lowest BCUT2D eigenvalue weighted by Crippen LogP contribution is -2.64. The van der Waals surface area contributed by atoms with E-state index >= 15 is 0 Å². The van der Waals surface area contributed by atoms with Crippen LogP contribution < -0.4 is 0 Å². The van der Waals surface area contributed by atoms with Crippen LogP contribution >= 0.6 is 7.82 Å².